The standard InChI is InChI=1S/C16H26N2S/c1-11(2)12-5-7-13(8-6-12)16-18-15(10-19-16)14-4-3-9-17-14/h10-14,17H,3-9H2,1-2H3/t12?,13?,14-/m0/s1. The second-order valence-corrected chi connectivity index (χ2v) is 7.50. The third kappa shape index (κ3) is 3.03. The van der Waals surface area contributed by atoms with Crippen molar-refractivity contribution in [2.75, 3.05) is 6.54 Å². The zero-order valence-electron chi connectivity index (χ0n) is 12.2. The number of thiazole rings is 1. The minimum Gasteiger partial charge on any atom is -0.309 e. The van der Waals surface area contributed by atoms with Crippen molar-refractivity contribution in [3.8, 4) is 0 Å². The lowest BCUT2D eigenvalue weighted by Gasteiger charge is -2.29. The lowest BCUT2D eigenvalue weighted by atomic mass is 9.77. The molecule has 19 heavy (non-hydrogen) atoms. The molecule has 0 aromatic carbocycles. The molecule has 1 aliphatic heterocycles. The quantitative estimate of drug-likeness (QED) is 0.880. The first-order chi connectivity index (χ1) is 9.24. The van der Waals surface area contributed by atoms with E-state index in [1.54, 1.807) is 0 Å². The molecule has 0 amide bonds. The highest BCUT2D eigenvalue weighted by atomic mass is 32.1. The monoisotopic (exact) mass is 278 g/mol. The molecule has 1 saturated heterocycles. The van der Waals surface area contributed by atoms with Crippen LogP contribution in [0, 0.1) is 11.8 Å². The van der Waals surface area contributed by atoms with E-state index < -0.39 is 0 Å². The molecular formula is C16H26N2S. The van der Waals surface area contributed by atoms with E-state index in [4.69, 9.17) is 4.98 Å². The summed E-state index contributed by atoms with van der Waals surface area (Å²) in [6, 6.07) is 0.539. The molecule has 1 aliphatic carbocycles. The first kappa shape index (κ1) is 13.6. The minimum absolute atomic E-state index is 0.539. The van der Waals surface area contributed by atoms with Gasteiger partial charge in [0.2, 0.25) is 0 Å². The maximum atomic E-state index is 4.94. The fraction of sp³-hybridized carbons (Fsp3) is 0.812. The molecule has 3 heteroatoms. The molecular weight excluding hydrogens is 252 g/mol. The van der Waals surface area contributed by atoms with Crippen molar-refractivity contribution in [1.82, 2.24) is 10.3 Å². The van der Waals surface area contributed by atoms with Gasteiger partial charge in [-0.2, -0.15) is 0 Å². The Labute approximate surface area is 121 Å². The van der Waals surface area contributed by atoms with Gasteiger partial charge in [-0.1, -0.05) is 13.8 Å². The summed E-state index contributed by atoms with van der Waals surface area (Å²) in [5.74, 6) is 2.55. The SMILES string of the molecule is CC(C)C1CCC(c2nc([C@@H]3CCCN3)cs2)CC1. The van der Waals surface area contributed by atoms with Crippen molar-refractivity contribution in [3.05, 3.63) is 16.1 Å². The molecule has 106 valence electrons. The Hall–Kier alpha value is -0.410. The molecule has 1 saturated carbocycles. The highest BCUT2D eigenvalue weighted by Gasteiger charge is 2.27. The molecule has 0 radical (unpaired) electrons. The highest BCUT2D eigenvalue weighted by molar-refractivity contribution is 7.09. The normalized spacial score (nSPS) is 32.1. The first-order valence-electron chi connectivity index (χ1n) is 7.92. The zero-order valence-corrected chi connectivity index (χ0v) is 13.0. The molecule has 2 heterocycles. The van der Waals surface area contributed by atoms with Crippen LogP contribution in [-0.2, 0) is 0 Å². The molecule has 2 fully saturated rings. The molecule has 2 nitrogen and oxygen atoms in total. The van der Waals surface area contributed by atoms with Crippen LogP contribution >= 0.6 is 11.3 Å². The Morgan fingerprint density at radius 2 is 2.00 bits per heavy atom. The topological polar surface area (TPSA) is 24.9 Å². The Bertz CT molecular complexity index is 399. The van der Waals surface area contributed by atoms with Gasteiger partial charge >= 0.3 is 0 Å². The van der Waals surface area contributed by atoms with Gasteiger partial charge in [-0.05, 0) is 56.9 Å². The lowest BCUT2D eigenvalue weighted by molar-refractivity contribution is 0.258. The van der Waals surface area contributed by atoms with E-state index in [0.717, 1.165) is 24.3 Å². The second-order valence-electron chi connectivity index (χ2n) is 6.62. The Morgan fingerprint density at radius 1 is 1.21 bits per heavy atom. The van der Waals surface area contributed by atoms with Gasteiger partial charge in [-0.15, -0.1) is 11.3 Å². The van der Waals surface area contributed by atoms with Crippen molar-refractivity contribution < 1.29 is 0 Å². The maximum absolute atomic E-state index is 4.94. The molecule has 2 aliphatic rings. The molecule has 0 unspecified atom stereocenters. The average molecular weight is 278 g/mol. The summed E-state index contributed by atoms with van der Waals surface area (Å²) < 4.78 is 0. The summed E-state index contributed by atoms with van der Waals surface area (Å²) in [5, 5.41) is 7.26. The fourth-order valence-corrected chi connectivity index (χ4v) is 4.66. The third-order valence-corrected chi connectivity index (χ3v) is 6.05. The van der Waals surface area contributed by atoms with Crippen LogP contribution in [0.15, 0.2) is 5.38 Å². The minimum atomic E-state index is 0.539. The number of aromatic nitrogens is 1. The molecule has 1 aromatic heterocycles. The Morgan fingerprint density at radius 3 is 2.63 bits per heavy atom. The van der Waals surface area contributed by atoms with Gasteiger partial charge in [0.05, 0.1) is 16.7 Å². The fourth-order valence-electron chi connectivity index (χ4n) is 3.62. The van der Waals surface area contributed by atoms with E-state index in [0.29, 0.717) is 6.04 Å². The van der Waals surface area contributed by atoms with Crippen LogP contribution in [-0.4, -0.2) is 11.5 Å². The van der Waals surface area contributed by atoms with Gasteiger partial charge in [-0.3, -0.25) is 0 Å². The first-order valence-corrected chi connectivity index (χ1v) is 8.80. The van der Waals surface area contributed by atoms with E-state index >= 15 is 0 Å². The number of hydrogen-bond acceptors (Lipinski definition) is 3. The van der Waals surface area contributed by atoms with Crippen LogP contribution in [0.25, 0.3) is 0 Å². The smallest absolute Gasteiger partial charge is 0.0959 e. The molecule has 1 N–H and O–H groups in total. The van der Waals surface area contributed by atoms with Crippen LogP contribution in [0.1, 0.15) is 75.0 Å². The molecule has 0 bridgehead atoms. The van der Waals surface area contributed by atoms with E-state index in [1.165, 1.54) is 49.2 Å². The summed E-state index contributed by atoms with van der Waals surface area (Å²) >= 11 is 1.90. The summed E-state index contributed by atoms with van der Waals surface area (Å²) in [4.78, 5) is 4.94. The van der Waals surface area contributed by atoms with Crippen LogP contribution in [0.3, 0.4) is 0 Å². The highest BCUT2D eigenvalue weighted by Crippen LogP contribution is 2.40. The van der Waals surface area contributed by atoms with Crippen molar-refractivity contribution in [2.24, 2.45) is 11.8 Å². The van der Waals surface area contributed by atoms with Crippen LogP contribution in [0.2, 0.25) is 0 Å². The van der Waals surface area contributed by atoms with E-state index in [1.807, 2.05) is 11.3 Å². The van der Waals surface area contributed by atoms with Crippen molar-refractivity contribution in [2.45, 2.75) is 64.3 Å². The Kier molecular flexibility index (Phi) is 4.23. The van der Waals surface area contributed by atoms with Gasteiger partial charge in [0.25, 0.3) is 0 Å². The Balaban J connectivity index is 1.61. The van der Waals surface area contributed by atoms with E-state index in [2.05, 4.69) is 24.5 Å². The van der Waals surface area contributed by atoms with Crippen LogP contribution < -0.4 is 5.32 Å². The van der Waals surface area contributed by atoms with E-state index in [-0.39, 0.29) is 0 Å². The molecule has 3 rings (SSSR count). The zero-order chi connectivity index (χ0) is 13.2. The van der Waals surface area contributed by atoms with Crippen LogP contribution in [0.5, 0.6) is 0 Å². The van der Waals surface area contributed by atoms with E-state index in [9.17, 15) is 0 Å². The van der Waals surface area contributed by atoms with Gasteiger partial charge in [0, 0.05) is 11.3 Å². The summed E-state index contributed by atoms with van der Waals surface area (Å²) in [6.45, 7) is 5.91. The number of rotatable bonds is 3. The average Bonchev–Trinajstić information content (AvgIpc) is 3.10. The van der Waals surface area contributed by atoms with Crippen molar-refractivity contribution >= 4 is 11.3 Å². The molecule has 0 spiro atoms. The van der Waals surface area contributed by atoms with Crippen LogP contribution in [0.4, 0.5) is 0 Å². The molecule has 1 aromatic rings. The summed E-state index contributed by atoms with van der Waals surface area (Å²) in [7, 11) is 0. The number of hydrogen-bond donors (Lipinski definition) is 1. The van der Waals surface area contributed by atoms with Gasteiger partial charge in [0.1, 0.15) is 0 Å². The maximum Gasteiger partial charge on any atom is 0.0959 e. The predicted molar refractivity (Wildman–Crippen MR) is 81.6 cm³/mol. The van der Waals surface area contributed by atoms with Crippen molar-refractivity contribution in [1.29, 1.82) is 0 Å². The summed E-state index contributed by atoms with van der Waals surface area (Å²) in [6.07, 6.45) is 8.08. The molecule has 1 atom stereocenters. The predicted octanol–water partition coefficient (Wildman–Crippen LogP) is 4.50. The number of nitrogens with one attached hydrogen (secondary N) is 1. The van der Waals surface area contributed by atoms with Gasteiger partial charge in [0.15, 0.2) is 0 Å². The van der Waals surface area contributed by atoms with Gasteiger partial charge in [-0.25, -0.2) is 4.98 Å². The summed E-state index contributed by atoms with van der Waals surface area (Å²) in [5.41, 5.74) is 1.31. The third-order valence-electron chi connectivity index (χ3n) is 5.02. The largest absolute Gasteiger partial charge is 0.309 e. The van der Waals surface area contributed by atoms with Gasteiger partial charge < -0.3 is 5.32 Å². The lowest BCUT2D eigenvalue weighted by Crippen LogP contribution is -2.18. The van der Waals surface area contributed by atoms with Crippen molar-refractivity contribution in [3.63, 3.8) is 0 Å². The second kappa shape index (κ2) is 5.92. The number of nitrogens with zero attached hydrogens (tertiary/aromatic N) is 1.